The molecular weight excluding hydrogens is 239 g/mol. The smallest absolute Gasteiger partial charge is 0.312 e. The zero-order valence-electron chi connectivity index (χ0n) is 9.60. The van der Waals surface area contributed by atoms with E-state index in [-0.39, 0.29) is 25.5 Å². The van der Waals surface area contributed by atoms with E-state index in [1.165, 1.54) is 29.2 Å². The molecule has 0 radical (unpaired) electrons. The highest BCUT2D eigenvalue weighted by molar-refractivity contribution is 6.35. The van der Waals surface area contributed by atoms with Crippen molar-refractivity contribution in [2.45, 2.75) is 12.6 Å². The number of likely N-dealkylation sites (tertiary alicyclic amines) is 1. The molecule has 2 N–H and O–H groups in total. The van der Waals surface area contributed by atoms with Gasteiger partial charge in [0.15, 0.2) is 0 Å². The minimum absolute atomic E-state index is 0.168. The second-order valence-electron chi connectivity index (χ2n) is 4.17. The Kier molecular flexibility index (Phi) is 3.57. The fraction of sp³-hybridized carbons (Fsp3) is 0.333. The van der Waals surface area contributed by atoms with E-state index in [0.29, 0.717) is 5.56 Å². The van der Waals surface area contributed by atoms with E-state index < -0.39 is 17.9 Å². The largest absolute Gasteiger partial charge is 0.389 e. The van der Waals surface area contributed by atoms with Gasteiger partial charge in [-0.2, -0.15) is 0 Å². The lowest BCUT2D eigenvalue weighted by Crippen LogP contribution is -2.57. The van der Waals surface area contributed by atoms with Gasteiger partial charge in [-0.1, -0.05) is 12.1 Å². The number of carbonyl (C=O) groups excluding carboxylic acids is 2. The Balaban J connectivity index is 1.81. The first-order valence-corrected chi connectivity index (χ1v) is 5.56. The van der Waals surface area contributed by atoms with Crippen molar-refractivity contribution in [3.63, 3.8) is 0 Å². The van der Waals surface area contributed by atoms with E-state index in [2.05, 4.69) is 5.32 Å². The van der Waals surface area contributed by atoms with Crippen LogP contribution in [0.5, 0.6) is 0 Å². The van der Waals surface area contributed by atoms with Crippen LogP contribution in [0.2, 0.25) is 0 Å². The average molecular weight is 252 g/mol. The first kappa shape index (κ1) is 12.5. The lowest BCUT2D eigenvalue weighted by Gasteiger charge is -2.35. The summed E-state index contributed by atoms with van der Waals surface area (Å²) in [4.78, 5) is 24.2. The van der Waals surface area contributed by atoms with Gasteiger partial charge in [-0.05, 0) is 17.7 Å². The third kappa shape index (κ3) is 2.84. The summed E-state index contributed by atoms with van der Waals surface area (Å²) < 4.78 is 12.6. The third-order valence-corrected chi connectivity index (χ3v) is 2.71. The van der Waals surface area contributed by atoms with Crippen LogP contribution in [0.3, 0.4) is 0 Å². The molecule has 18 heavy (non-hydrogen) atoms. The highest BCUT2D eigenvalue weighted by atomic mass is 19.1. The molecule has 1 heterocycles. The van der Waals surface area contributed by atoms with E-state index in [1.54, 1.807) is 0 Å². The van der Waals surface area contributed by atoms with Crippen molar-refractivity contribution >= 4 is 11.8 Å². The molecule has 1 aromatic rings. The summed E-state index contributed by atoms with van der Waals surface area (Å²) in [5, 5.41) is 11.5. The fourth-order valence-electron chi connectivity index (χ4n) is 1.62. The van der Waals surface area contributed by atoms with Gasteiger partial charge in [0, 0.05) is 19.6 Å². The van der Waals surface area contributed by atoms with Gasteiger partial charge in [-0.15, -0.1) is 0 Å². The van der Waals surface area contributed by atoms with Gasteiger partial charge in [0.2, 0.25) is 0 Å². The van der Waals surface area contributed by atoms with Gasteiger partial charge in [-0.3, -0.25) is 9.59 Å². The molecule has 0 aliphatic carbocycles. The van der Waals surface area contributed by atoms with Crippen molar-refractivity contribution in [1.29, 1.82) is 0 Å². The normalized spacial score (nSPS) is 15.1. The Bertz CT molecular complexity index is 455. The molecule has 96 valence electrons. The molecule has 1 saturated heterocycles. The molecule has 1 aliphatic rings. The zero-order chi connectivity index (χ0) is 13.1. The summed E-state index contributed by atoms with van der Waals surface area (Å²) in [6.45, 7) is 0.562. The predicted molar refractivity (Wildman–Crippen MR) is 60.8 cm³/mol. The second-order valence-corrected chi connectivity index (χ2v) is 4.17. The van der Waals surface area contributed by atoms with Gasteiger partial charge >= 0.3 is 11.8 Å². The maximum Gasteiger partial charge on any atom is 0.312 e. The standard InChI is InChI=1S/C12H13FN2O3/c13-9-3-1-8(2-4-9)5-14-11(17)12(18)15-6-10(16)7-15/h1-4,10,16H,5-7H2,(H,14,17). The molecular formula is C12H13FN2O3. The van der Waals surface area contributed by atoms with Gasteiger partial charge in [0.1, 0.15) is 5.82 Å². The topological polar surface area (TPSA) is 69.6 Å². The minimum atomic E-state index is -0.716. The quantitative estimate of drug-likeness (QED) is 0.706. The number of hydrogen-bond donors (Lipinski definition) is 2. The Morgan fingerprint density at radius 2 is 1.94 bits per heavy atom. The van der Waals surface area contributed by atoms with Crippen molar-refractivity contribution in [3.05, 3.63) is 35.6 Å². The maximum atomic E-state index is 12.6. The summed E-state index contributed by atoms with van der Waals surface area (Å²) in [5.41, 5.74) is 0.709. The first-order valence-electron chi connectivity index (χ1n) is 5.56. The van der Waals surface area contributed by atoms with Crippen molar-refractivity contribution in [1.82, 2.24) is 10.2 Å². The van der Waals surface area contributed by atoms with E-state index in [4.69, 9.17) is 5.11 Å². The molecule has 0 aromatic heterocycles. The van der Waals surface area contributed by atoms with Crippen molar-refractivity contribution in [2.24, 2.45) is 0 Å². The maximum absolute atomic E-state index is 12.6. The van der Waals surface area contributed by atoms with E-state index in [9.17, 15) is 14.0 Å². The zero-order valence-corrected chi connectivity index (χ0v) is 9.60. The molecule has 0 saturated carbocycles. The lowest BCUT2D eigenvalue weighted by atomic mass is 10.1. The van der Waals surface area contributed by atoms with Crippen molar-refractivity contribution < 1.29 is 19.1 Å². The first-order chi connectivity index (χ1) is 8.56. The van der Waals surface area contributed by atoms with Crippen LogP contribution in [0.4, 0.5) is 4.39 Å². The summed E-state index contributed by atoms with van der Waals surface area (Å²) in [6, 6.07) is 5.64. The van der Waals surface area contributed by atoms with E-state index in [1.807, 2.05) is 0 Å². The van der Waals surface area contributed by atoms with Gasteiger partial charge < -0.3 is 15.3 Å². The Morgan fingerprint density at radius 1 is 1.33 bits per heavy atom. The number of nitrogens with zero attached hydrogens (tertiary/aromatic N) is 1. The molecule has 0 spiro atoms. The van der Waals surface area contributed by atoms with Crippen LogP contribution in [0.15, 0.2) is 24.3 Å². The molecule has 6 heteroatoms. The second kappa shape index (κ2) is 5.14. The van der Waals surface area contributed by atoms with Crippen LogP contribution >= 0.6 is 0 Å². The third-order valence-electron chi connectivity index (χ3n) is 2.71. The molecule has 1 aromatic carbocycles. The van der Waals surface area contributed by atoms with Crippen molar-refractivity contribution in [2.75, 3.05) is 13.1 Å². The highest BCUT2D eigenvalue weighted by Gasteiger charge is 2.32. The molecule has 2 amide bonds. The number of halogens is 1. The number of amides is 2. The van der Waals surface area contributed by atoms with Crippen LogP contribution in [0.25, 0.3) is 0 Å². The number of nitrogens with one attached hydrogen (secondary N) is 1. The Hall–Kier alpha value is -1.95. The minimum Gasteiger partial charge on any atom is -0.389 e. The van der Waals surface area contributed by atoms with Crippen LogP contribution in [0, 0.1) is 5.82 Å². The summed E-state index contributed by atoms with van der Waals surface area (Å²) >= 11 is 0. The number of rotatable bonds is 2. The van der Waals surface area contributed by atoms with Gasteiger partial charge in [0.25, 0.3) is 0 Å². The van der Waals surface area contributed by atoms with Crippen LogP contribution in [0.1, 0.15) is 5.56 Å². The molecule has 0 atom stereocenters. The van der Waals surface area contributed by atoms with Crippen LogP contribution in [-0.2, 0) is 16.1 Å². The average Bonchev–Trinajstić information content (AvgIpc) is 2.33. The SMILES string of the molecule is O=C(NCc1ccc(F)cc1)C(=O)N1CC(O)C1. The van der Waals surface area contributed by atoms with E-state index >= 15 is 0 Å². The highest BCUT2D eigenvalue weighted by Crippen LogP contribution is 2.07. The van der Waals surface area contributed by atoms with Gasteiger partial charge in [0.05, 0.1) is 6.10 Å². The number of hydrogen-bond acceptors (Lipinski definition) is 3. The number of aliphatic hydroxyl groups is 1. The van der Waals surface area contributed by atoms with Crippen LogP contribution in [-0.4, -0.2) is 41.0 Å². The van der Waals surface area contributed by atoms with Crippen molar-refractivity contribution in [3.8, 4) is 0 Å². The number of carbonyl (C=O) groups is 2. The van der Waals surface area contributed by atoms with Crippen LogP contribution < -0.4 is 5.32 Å². The lowest BCUT2D eigenvalue weighted by molar-refractivity contribution is -0.152. The summed E-state index contributed by atoms with van der Waals surface area (Å²) in [7, 11) is 0. The molecule has 0 bridgehead atoms. The monoisotopic (exact) mass is 252 g/mol. The number of β-amino-alcohol motifs (C(OH)–C–C–N with tert-alkyl or cyclic N) is 1. The molecule has 1 fully saturated rings. The predicted octanol–water partition coefficient (Wildman–Crippen LogP) is -0.355. The van der Waals surface area contributed by atoms with E-state index in [0.717, 1.165) is 0 Å². The molecule has 0 unspecified atom stereocenters. The Labute approximate surface area is 103 Å². The summed E-state index contributed by atoms with van der Waals surface area (Å²) in [5.74, 6) is -1.72. The molecule has 1 aliphatic heterocycles. The molecule has 2 rings (SSSR count). The molecule has 5 nitrogen and oxygen atoms in total. The van der Waals surface area contributed by atoms with Gasteiger partial charge in [-0.25, -0.2) is 4.39 Å². The Morgan fingerprint density at radius 3 is 2.50 bits per heavy atom. The number of aliphatic hydroxyl groups excluding tert-OH is 1. The summed E-state index contributed by atoms with van der Waals surface area (Å²) in [6.07, 6.45) is -0.529. The number of benzene rings is 1. The fourth-order valence-corrected chi connectivity index (χ4v) is 1.62.